The van der Waals surface area contributed by atoms with Crippen LogP contribution in [0.15, 0.2) is 18.2 Å². The standard InChI is InChI=1S/C13H16ClNO4S/c1-19-5-2-6-20-8-12(16)15-11-7-9(13(17)18)3-4-10(11)14/h3-4,7H,2,5-6,8H2,1H3,(H,15,16)(H,17,18). The largest absolute Gasteiger partial charge is 0.478 e. The molecule has 0 spiro atoms. The molecule has 0 saturated carbocycles. The Morgan fingerprint density at radius 2 is 2.20 bits per heavy atom. The summed E-state index contributed by atoms with van der Waals surface area (Å²) in [6, 6.07) is 4.18. The molecule has 0 aliphatic heterocycles. The SMILES string of the molecule is COCCCSCC(=O)Nc1cc(C(=O)O)ccc1Cl. The molecule has 1 amide bonds. The lowest BCUT2D eigenvalue weighted by molar-refractivity contribution is -0.113. The Hall–Kier alpha value is -1.24. The maximum atomic E-state index is 11.7. The van der Waals surface area contributed by atoms with Crippen molar-refractivity contribution in [1.29, 1.82) is 0 Å². The van der Waals surface area contributed by atoms with Crippen molar-refractivity contribution in [2.24, 2.45) is 0 Å². The highest BCUT2D eigenvalue weighted by atomic mass is 35.5. The van der Waals surface area contributed by atoms with Gasteiger partial charge in [-0.2, -0.15) is 11.8 Å². The van der Waals surface area contributed by atoms with Gasteiger partial charge in [-0.15, -0.1) is 0 Å². The topological polar surface area (TPSA) is 75.6 Å². The van der Waals surface area contributed by atoms with E-state index in [0.717, 1.165) is 12.2 Å². The number of ether oxygens (including phenoxy) is 1. The molecule has 0 aliphatic rings. The maximum absolute atomic E-state index is 11.7. The van der Waals surface area contributed by atoms with Gasteiger partial charge in [0.25, 0.3) is 0 Å². The van der Waals surface area contributed by atoms with Gasteiger partial charge in [-0.3, -0.25) is 4.79 Å². The average Bonchev–Trinajstić information content (AvgIpc) is 2.40. The summed E-state index contributed by atoms with van der Waals surface area (Å²) in [6.45, 7) is 0.668. The van der Waals surface area contributed by atoms with Gasteiger partial charge < -0.3 is 15.2 Å². The zero-order valence-corrected chi connectivity index (χ0v) is 12.6. The third kappa shape index (κ3) is 5.81. The fourth-order valence-electron chi connectivity index (χ4n) is 1.41. The Morgan fingerprint density at radius 3 is 2.85 bits per heavy atom. The molecular weight excluding hydrogens is 302 g/mol. The monoisotopic (exact) mass is 317 g/mol. The number of methoxy groups -OCH3 is 1. The first-order valence-electron chi connectivity index (χ1n) is 5.94. The van der Waals surface area contributed by atoms with Crippen LogP contribution >= 0.6 is 23.4 Å². The summed E-state index contributed by atoms with van der Waals surface area (Å²) < 4.78 is 4.91. The van der Waals surface area contributed by atoms with Crippen molar-refractivity contribution in [3.63, 3.8) is 0 Å². The molecule has 0 unspecified atom stereocenters. The van der Waals surface area contributed by atoms with Crippen LogP contribution in [0, 0.1) is 0 Å². The van der Waals surface area contributed by atoms with Crippen LogP contribution in [-0.2, 0) is 9.53 Å². The molecule has 0 fully saturated rings. The maximum Gasteiger partial charge on any atom is 0.335 e. The second-order valence-corrected chi connectivity index (χ2v) is 5.46. The van der Waals surface area contributed by atoms with Crippen molar-refractivity contribution in [2.45, 2.75) is 6.42 Å². The van der Waals surface area contributed by atoms with E-state index in [9.17, 15) is 9.59 Å². The molecule has 1 rings (SSSR count). The smallest absolute Gasteiger partial charge is 0.335 e. The lowest BCUT2D eigenvalue weighted by atomic mass is 10.2. The Balaban J connectivity index is 2.49. The average molecular weight is 318 g/mol. The first kappa shape index (κ1) is 16.8. The lowest BCUT2D eigenvalue weighted by Crippen LogP contribution is -2.15. The van der Waals surface area contributed by atoms with Gasteiger partial charge in [0, 0.05) is 13.7 Å². The molecule has 2 N–H and O–H groups in total. The second-order valence-electron chi connectivity index (χ2n) is 3.95. The van der Waals surface area contributed by atoms with Crippen LogP contribution in [0.5, 0.6) is 0 Å². The summed E-state index contributed by atoms with van der Waals surface area (Å²) in [6.07, 6.45) is 0.879. The van der Waals surface area contributed by atoms with E-state index >= 15 is 0 Å². The Labute approximate surface area is 126 Å². The van der Waals surface area contributed by atoms with E-state index in [-0.39, 0.29) is 17.2 Å². The number of carboxylic acids is 1. The number of carbonyl (C=O) groups excluding carboxylic acids is 1. The first-order chi connectivity index (χ1) is 9.54. The molecule has 20 heavy (non-hydrogen) atoms. The Morgan fingerprint density at radius 1 is 1.45 bits per heavy atom. The van der Waals surface area contributed by atoms with Crippen LogP contribution in [-0.4, -0.2) is 42.2 Å². The summed E-state index contributed by atoms with van der Waals surface area (Å²) in [5.74, 6) is -0.162. The summed E-state index contributed by atoms with van der Waals surface area (Å²) in [4.78, 5) is 22.6. The van der Waals surface area contributed by atoms with E-state index in [1.807, 2.05) is 0 Å². The van der Waals surface area contributed by atoms with Crippen molar-refractivity contribution in [3.05, 3.63) is 28.8 Å². The molecule has 0 aliphatic carbocycles. The number of carboxylic acid groups (broad SMARTS) is 1. The number of aromatic carboxylic acids is 1. The number of benzene rings is 1. The number of anilines is 1. The third-order valence-electron chi connectivity index (χ3n) is 2.36. The van der Waals surface area contributed by atoms with Crippen LogP contribution in [0.2, 0.25) is 5.02 Å². The number of amides is 1. The highest BCUT2D eigenvalue weighted by Gasteiger charge is 2.10. The van der Waals surface area contributed by atoms with Gasteiger partial charge in [-0.05, 0) is 30.4 Å². The summed E-state index contributed by atoms with van der Waals surface area (Å²) >= 11 is 7.40. The van der Waals surface area contributed by atoms with Gasteiger partial charge in [-0.25, -0.2) is 4.79 Å². The number of halogens is 1. The van der Waals surface area contributed by atoms with Gasteiger partial charge in [-0.1, -0.05) is 11.6 Å². The minimum absolute atomic E-state index is 0.0810. The summed E-state index contributed by atoms with van der Waals surface area (Å²) in [5, 5.41) is 11.8. The molecule has 1 aromatic carbocycles. The minimum atomic E-state index is -1.06. The molecule has 0 atom stereocenters. The first-order valence-corrected chi connectivity index (χ1v) is 7.47. The van der Waals surface area contributed by atoms with Crippen LogP contribution in [0.4, 0.5) is 5.69 Å². The molecule has 5 nitrogen and oxygen atoms in total. The molecule has 0 radical (unpaired) electrons. The number of rotatable bonds is 8. The molecule has 0 saturated heterocycles. The van der Waals surface area contributed by atoms with E-state index < -0.39 is 5.97 Å². The van der Waals surface area contributed by atoms with Crippen LogP contribution in [0.3, 0.4) is 0 Å². The van der Waals surface area contributed by atoms with E-state index in [2.05, 4.69) is 5.32 Å². The highest BCUT2D eigenvalue weighted by Crippen LogP contribution is 2.23. The van der Waals surface area contributed by atoms with Gasteiger partial charge >= 0.3 is 5.97 Å². The Bertz CT molecular complexity index is 481. The third-order valence-corrected chi connectivity index (χ3v) is 3.73. The van der Waals surface area contributed by atoms with E-state index in [4.69, 9.17) is 21.4 Å². The zero-order chi connectivity index (χ0) is 15.0. The van der Waals surface area contributed by atoms with Crippen LogP contribution < -0.4 is 5.32 Å². The van der Waals surface area contributed by atoms with E-state index in [0.29, 0.717) is 17.3 Å². The lowest BCUT2D eigenvalue weighted by Gasteiger charge is -2.08. The van der Waals surface area contributed by atoms with Crippen molar-refractivity contribution in [2.75, 3.05) is 30.5 Å². The van der Waals surface area contributed by atoms with Crippen LogP contribution in [0.25, 0.3) is 0 Å². The fraction of sp³-hybridized carbons (Fsp3) is 0.385. The predicted octanol–water partition coefficient (Wildman–Crippen LogP) is 2.75. The zero-order valence-electron chi connectivity index (χ0n) is 11.0. The number of nitrogens with one attached hydrogen (secondary N) is 1. The molecular formula is C13H16ClNO4S. The molecule has 0 aromatic heterocycles. The second kappa shape index (κ2) is 8.84. The molecule has 110 valence electrons. The normalized spacial score (nSPS) is 10.3. The van der Waals surface area contributed by atoms with Gasteiger partial charge in [0.05, 0.1) is 22.0 Å². The van der Waals surface area contributed by atoms with Crippen LogP contribution in [0.1, 0.15) is 16.8 Å². The highest BCUT2D eigenvalue weighted by molar-refractivity contribution is 7.99. The van der Waals surface area contributed by atoms with Gasteiger partial charge in [0.15, 0.2) is 0 Å². The molecule has 0 bridgehead atoms. The van der Waals surface area contributed by atoms with Crippen molar-refractivity contribution >= 4 is 40.9 Å². The number of hydrogen-bond acceptors (Lipinski definition) is 4. The van der Waals surface area contributed by atoms with E-state index in [1.165, 1.54) is 30.0 Å². The fourth-order valence-corrected chi connectivity index (χ4v) is 2.30. The number of thioether (sulfide) groups is 1. The summed E-state index contributed by atoms with van der Waals surface area (Å²) in [7, 11) is 1.63. The van der Waals surface area contributed by atoms with Crippen molar-refractivity contribution in [3.8, 4) is 0 Å². The number of carbonyl (C=O) groups is 2. The minimum Gasteiger partial charge on any atom is -0.478 e. The number of hydrogen-bond donors (Lipinski definition) is 2. The van der Waals surface area contributed by atoms with E-state index in [1.54, 1.807) is 7.11 Å². The van der Waals surface area contributed by atoms with Gasteiger partial charge in [0.1, 0.15) is 0 Å². The quantitative estimate of drug-likeness (QED) is 0.721. The van der Waals surface area contributed by atoms with Gasteiger partial charge in [0.2, 0.25) is 5.91 Å². The predicted molar refractivity (Wildman–Crippen MR) is 80.9 cm³/mol. The van der Waals surface area contributed by atoms with Crippen molar-refractivity contribution < 1.29 is 19.4 Å². The molecule has 1 aromatic rings. The molecule has 7 heteroatoms. The molecule has 0 heterocycles. The Kier molecular flexibility index (Phi) is 7.43. The van der Waals surface area contributed by atoms with Crippen molar-refractivity contribution in [1.82, 2.24) is 0 Å². The summed E-state index contributed by atoms with van der Waals surface area (Å²) in [5.41, 5.74) is 0.395.